The van der Waals surface area contributed by atoms with Gasteiger partial charge in [0, 0.05) is 49.4 Å². The predicted octanol–water partition coefficient (Wildman–Crippen LogP) is 2.83. The van der Waals surface area contributed by atoms with Crippen LogP contribution in [0.1, 0.15) is 65.2 Å². The van der Waals surface area contributed by atoms with Crippen LogP contribution in [0, 0.1) is 34.5 Å². The first kappa shape index (κ1) is 25.5. The molecule has 4 saturated carbocycles. The van der Waals surface area contributed by atoms with Gasteiger partial charge in [0.05, 0.1) is 5.71 Å². The lowest BCUT2D eigenvalue weighted by molar-refractivity contribution is -0.152. The van der Waals surface area contributed by atoms with Crippen LogP contribution in [0.3, 0.4) is 0 Å². The molecule has 5 aliphatic rings. The minimum Gasteiger partial charge on any atom is -0.478 e. The molecule has 0 bridgehead atoms. The fraction of sp³-hybridized carbons (Fsp3) is 0.731. The van der Waals surface area contributed by atoms with Crippen LogP contribution < -0.4 is 5.32 Å². The number of oxime groups is 1. The number of carbonyl (C=O) groups excluding carboxylic acids is 2. The van der Waals surface area contributed by atoms with Crippen molar-refractivity contribution in [2.24, 2.45) is 39.7 Å². The number of rotatable bonds is 4. The number of aliphatic carboxylic acids is 2. The van der Waals surface area contributed by atoms with Gasteiger partial charge in [0.2, 0.25) is 0 Å². The highest BCUT2D eigenvalue weighted by Crippen LogP contribution is 2.64. The Bertz CT molecular complexity index is 939. The zero-order valence-electron chi connectivity index (χ0n) is 20.5. The number of hydrogen-bond donors (Lipinski definition) is 3. The Kier molecular flexibility index (Phi) is 7.18. The van der Waals surface area contributed by atoms with E-state index >= 15 is 0 Å². The molecule has 9 nitrogen and oxygen atoms in total. The number of ketones is 2. The second-order valence-electron chi connectivity index (χ2n) is 11.3. The highest BCUT2D eigenvalue weighted by molar-refractivity contribution is 5.93. The molecule has 35 heavy (non-hydrogen) atoms. The summed E-state index contributed by atoms with van der Waals surface area (Å²) in [6.07, 6.45) is 8.62. The second-order valence-corrected chi connectivity index (χ2v) is 11.3. The van der Waals surface area contributed by atoms with Gasteiger partial charge in [0.15, 0.2) is 6.10 Å². The highest BCUT2D eigenvalue weighted by atomic mass is 16.6. The second kappa shape index (κ2) is 9.84. The van der Waals surface area contributed by atoms with Gasteiger partial charge in [-0.3, -0.25) is 9.59 Å². The molecule has 0 radical (unpaired) electrons. The summed E-state index contributed by atoms with van der Waals surface area (Å²) in [6, 6.07) is 0. The molecule has 0 aromatic carbocycles. The number of carboxylic acid groups (broad SMARTS) is 2. The van der Waals surface area contributed by atoms with Gasteiger partial charge in [-0.15, -0.1) is 0 Å². The minimum absolute atomic E-state index is 0.0734. The summed E-state index contributed by atoms with van der Waals surface area (Å²) in [5.41, 5.74) is 0.994. The SMILES string of the molecule is C[C@]12CC/C(=N\OC3CNC3)C[C@@H]1C(=O)C[C@@H]1[C@@H]2CC[C@]2(C)C(=O)CC[C@@H]12.O=C(O)/C=C/C(=O)O. The molecule has 0 aromatic rings. The topological polar surface area (TPSA) is 142 Å². The van der Waals surface area contributed by atoms with E-state index in [1.807, 2.05) is 0 Å². The average Bonchev–Trinajstić information content (AvgIpc) is 3.07. The Morgan fingerprint density at radius 1 is 1.00 bits per heavy atom. The first-order valence-corrected chi connectivity index (χ1v) is 12.7. The number of carboxylic acids is 2. The molecule has 3 N–H and O–H groups in total. The Balaban J connectivity index is 0.000000314. The summed E-state index contributed by atoms with van der Waals surface area (Å²) in [5.74, 6) is -0.126. The molecule has 0 spiro atoms. The maximum absolute atomic E-state index is 13.2. The standard InChI is InChI=1S/C22H32N2O3.C4H4O4/c1-21-7-5-13(24-27-14-11-23-12-14)9-18(21)19(25)10-15-16-3-4-20(26)22(16,2)8-6-17(15)21;5-3(6)1-2-4(7)8/h14-18,23H,3-12H2,1-2H3;1-2H,(H,5,6)(H,7,8)/b24-13+;2-1+/t15-,16-,17-,18+,21+,22-;/m0./s1. The van der Waals surface area contributed by atoms with Crippen molar-refractivity contribution in [1.29, 1.82) is 0 Å². The number of fused-ring (bicyclic) bond motifs is 5. The maximum atomic E-state index is 13.2. The van der Waals surface area contributed by atoms with Crippen molar-refractivity contribution in [1.82, 2.24) is 5.32 Å². The van der Waals surface area contributed by atoms with Crippen LogP contribution in [0.2, 0.25) is 0 Å². The fourth-order valence-corrected chi connectivity index (χ4v) is 7.33. The molecule has 5 rings (SSSR count). The van der Waals surface area contributed by atoms with E-state index in [1.54, 1.807) is 0 Å². The Morgan fingerprint density at radius 2 is 1.69 bits per heavy atom. The van der Waals surface area contributed by atoms with E-state index in [-0.39, 0.29) is 22.9 Å². The zero-order chi connectivity index (χ0) is 25.4. The minimum atomic E-state index is -1.26. The van der Waals surface area contributed by atoms with Crippen LogP contribution in [0.25, 0.3) is 0 Å². The summed E-state index contributed by atoms with van der Waals surface area (Å²) >= 11 is 0. The van der Waals surface area contributed by atoms with Crippen LogP contribution in [0.15, 0.2) is 17.3 Å². The number of nitrogens with one attached hydrogen (secondary N) is 1. The van der Waals surface area contributed by atoms with Gasteiger partial charge in [0.25, 0.3) is 0 Å². The first-order chi connectivity index (χ1) is 16.5. The van der Waals surface area contributed by atoms with Crippen molar-refractivity contribution in [2.75, 3.05) is 13.1 Å². The van der Waals surface area contributed by atoms with E-state index in [9.17, 15) is 19.2 Å². The summed E-state index contributed by atoms with van der Waals surface area (Å²) in [4.78, 5) is 50.5. The summed E-state index contributed by atoms with van der Waals surface area (Å²) in [7, 11) is 0. The van der Waals surface area contributed by atoms with Gasteiger partial charge >= 0.3 is 11.9 Å². The summed E-state index contributed by atoms with van der Waals surface area (Å²) in [5, 5.41) is 23.2. The fourth-order valence-electron chi connectivity index (χ4n) is 7.33. The largest absolute Gasteiger partial charge is 0.478 e. The lowest BCUT2D eigenvalue weighted by atomic mass is 9.45. The number of Topliss-reactive ketones (excluding diaryl/α,β-unsaturated/α-hetero) is 2. The number of carbonyl (C=O) groups is 4. The molecule has 1 aliphatic heterocycles. The van der Waals surface area contributed by atoms with Crippen molar-refractivity contribution < 1.29 is 34.2 Å². The lowest BCUT2D eigenvalue weighted by Gasteiger charge is -2.58. The van der Waals surface area contributed by atoms with Crippen molar-refractivity contribution in [3.63, 3.8) is 0 Å². The van der Waals surface area contributed by atoms with E-state index in [2.05, 4.69) is 24.3 Å². The van der Waals surface area contributed by atoms with Crippen LogP contribution >= 0.6 is 0 Å². The van der Waals surface area contributed by atoms with E-state index in [0.717, 1.165) is 63.7 Å². The van der Waals surface area contributed by atoms with Crippen LogP contribution in [0.4, 0.5) is 0 Å². The van der Waals surface area contributed by atoms with Crippen LogP contribution in [-0.2, 0) is 24.0 Å². The summed E-state index contributed by atoms with van der Waals surface area (Å²) in [6.45, 7) is 6.29. The van der Waals surface area contributed by atoms with Gasteiger partial charge in [-0.05, 0) is 61.7 Å². The van der Waals surface area contributed by atoms with Crippen LogP contribution in [0.5, 0.6) is 0 Å². The third kappa shape index (κ3) is 4.92. The molecule has 0 aromatic heterocycles. The molecule has 192 valence electrons. The molecule has 5 fully saturated rings. The Hall–Kier alpha value is -2.55. The predicted molar refractivity (Wildman–Crippen MR) is 127 cm³/mol. The highest BCUT2D eigenvalue weighted by Gasteiger charge is 2.62. The van der Waals surface area contributed by atoms with E-state index in [4.69, 9.17) is 15.1 Å². The van der Waals surface area contributed by atoms with Crippen molar-refractivity contribution in [3.05, 3.63) is 12.2 Å². The van der Waals surface area contributed by atoms with E-state index in [1.165, 1.54) is 0 Å². The van der Waals surface area contributed by atoms with Gasteiger partial charge < -0.3 is 20.4 Å². The third-order valence-corrected chi connectivity index (χ3v) is 9.45. The first-order valence-electron chi connectivity index (χ1n) is 12.7. The van der Waals surface area contributed by atoms with Crippen LogP contribution in [-0.4, -0.2) is 58.6 Å². The maximum Gasteiger partial charge on any atom is 0.328 e. The molecule has 9 heteroatoms. The molecule has 0 amide bonds. The van der Waals surface area contributed by atoms with Crippen molar-refractivity contribution >= 4 is 29.2 Å². The molecule has 1 heterocycles. The van der Waals surface area contributed by atoms with Crippen molar-refractivity contribution in [3.8, 4) is 0 Å². The van der Waals surface area contributed by atoms with Gasteiger partial charge in [-0.2, -0.15) is 0 Å². The van der Waals surface area contributed by atoms with E-state index < -0.39 is 11.9 Å². The van der Waals surface area contributed by atoms with Crippen molar-refractivity contribution in [2.45, 2.75) is 71.3 Å². The summed E-state index contributed by atoms with van der Waals surface area (Å²) < 4.78 is 0. The lowest BCUT2D eigenvalue weighted by Crippen LogP contribution is -2.56. The van der Waals surface area contributed by atoms with Gasteiger partial charge in [-0.1, -0.05) is 19.0 Å². The normalized spacial score (nSPS) is 39.7. The Labute approximate surface area is 205 Å². The third-order valence-electron chi connectivity index (χ3n) is 9.45. The Morgan fingerprint density at radius 3 is 2.29 bits per heavy atom. The molecule has 6 atom stereocenters. The number of nitrogens with zero attached hydrogens (tertiary/aromatic N) is 1. The number of hydrogen-bond acceptors (Lipinski definition) is 7. The van der Waals surface area contributed by atoms with E-state index in [0.29, 0.717) is 47.9 Å². The monoisotopic (exact) mass is 488 g/mol. The molecular weight excluding hydrogens is 452 g/mol. The zero-order valence-corrected chi connectivity index (χ0v) is 20.5. The molecule has 1 saturated heterocycles. The van der Waals surface area contributed by atoms with Gasteiger partial charge in [0.1, 0.15) is 11.6 Å². The smallest absolute Gasteiger partial charge is 0.328 e. The van der Waals surface area contributed by atoms with Gasteiger partial charge in [-0.25, -0.2) is 9.59 Å². The quantitative estimate of drug-likeness (QED) is 0.405. The molecule has 0 unspecified atom stereocenters. The molecular formula is C26H36N2O7. The average molecular weight is 489 g/mol. The molecule has 4 aliphatic carbocycles.